The number of amides is 3. The Balaban J connectivity index is -0.000000498. The number of carbonyl (C=O) groups is 3. The second kappa shape index (κ2) is 48.1. The van der Waals surface area contributed by atoms with Gasteiger partial charge in [0.1, 0.15) is 5.52 Å². The molecule has 2 saturated heterocycles. The number of fused-ring (bicyclic) bond motifs is 1. The van der Waals surface area contributed by atoms with E-state index in [4.69, 9.17) is 58.0 Å². The fourth-order valence-electron chi connectivity index (χ4n) is 7.42. The fourth-order valence-corrected chi connectivity index (χ4v) is 8.87. The minimum atomic E-state index is -3.99. The summed E-state index contributed by atoms with van der Waals surface area (Å²) < 4.78 is 131. The molecule has 0 saturated carbocycles. The summed E-state index contributed by atoms with van der Waals surface area (Å²) in [6, 6.07) is 20.5. The Kier molecular flexibility index (Phi) is 47.9. The normalized spacial score (nSPS) is 12.2. The predicted octanol–water partition coefficient (Wildman–Crippen LogP) is 21.2. The number of non-ortho nitro benzene ring substituents is 2. The predicted molar refractivity (Wildman–Crippen MR) is 361 cm³/mol. The first kappa shape index (κ1) is 95.7. The highest BCUT2D eigenvalue weighted by Gasteiger charge is 2.34. The Morgan fingerprint density at radius 1 is 0.542 bits per heavy atom. The van der Waals surface area contributed by atoms with Crippen LogP contribution in [0.4, 0.5) is 59.7 Å². The summed E-state index contributed by atoms with van der Waals surface area (Å²) in [7, 11) is 0. The summed E-state index contributed by atoms with van der Waals surface area (Å²) in [6.07, 6.45) is -3.43. The lowest BCUT2D eigenvalue weighted by Crippen LogP contribution is -2.28. The summed E-state index contributed by atoms with van der Waals surface area (Å²) in [4.78, 5) is 66.7. The Labute approximate surface area is 578 Å². The van der Waals surface area contributed by atoms with Crippen molar-refractivity contribution < 1.29 is 72.5 Å². The zero-order chi connectivity index (χ0) is 71.7. The maximum atomic E-state index is 12.7. The molecule has 3 amide bonds. The summed E-state index contributed by atoms with van der Waals surface area (Å²) >= 11 is 29.3. The van der Waals surface area contributed by atoms with Crippen molar-refractivity contribution in [1.82, 2.24) is 24.8 Å². The number of aryl methyl sites for hydroxylation is 3. The largest absolute Gasteiger partial charge is 0.391 e. The Morgan fingerprint density at radius 3 is 1.34 bits per heavy atom. The van der Waals surface area contributed by atoms with Crippen molar-refractivity contribution >= 4 is 98.0 Å². The van der Waals surface area contributed by atoms with Crippen LogP contribution < -0.4 is 5.56 Å². The van der Waals surface area contributed by atoms with Crippen molar-refractivity contribution in [1.29, 1.82) is 0 Å². The van der Waals surface area contributed by atoms with Crippen molar-refractivity contribution in [2.45, 2.75) is 181 Å². The lowest BCUT2D eigenvalue weighted by molar-refractivity contribution is -0.385. The maximum absolute atomic E-state index is 12.7. The minimum Gasteiger partial charge on any atom is -0.343 e. The van der Waals surface area contributed by atoms with Gasteiger partial charge in [-0.15, -0.1) is 5.10 Å². The van der Waals surface area contributed by atoms with E-state index in [9.17, 15) is 87.7 Å². The molecule has 6 aromatic rings. The third kappa shape index (κ3) is 32.1. The summed E-state index contributed by atoms with van der Waals surface area (Å²) in [5.41, 5.74) is 2.96. The van der Waals surface area contributed by atoms with Gasteiger partial charge in [0.05, 0.1) is 46.3 Å². The van der Waals surface area contributed by atoms with Gasteiger partial charge in [0.15, 0.2) is 23.3 Å². The number of likely N-dealkylation sites (tertiary alicyclic amines) is 2. The summed E-state index contributed by atoms with van der Waals surface area (Å²) in [5.74, 6) is -10.3. The van der Waals surface area contributed by atoms with E-state index in [0.717, 1.165) is 55.5 Å². The van der Waals surface area contributed by atoms with Gasteiger partial charge in [-0.25, -0.2) is 26.6 Å². The van der Waals surface area contributed by atoms with Crippen LogP contribution in [0.3, 0.4) is 0 Å². The number of hydrogen-bond acceptors (Lipinski definition) is 10. The summed E-state index contributed by atoms with van der Waals surface area (Å²) in [6.45, 7) is 20.1. The van der Waals surface area contributed by atoms with Crippen LogP contribution >= 0.6 is 58.0 Å². The van der Waals surface area contributed by atoms with Crippen molar-refractivity contribution in [3.8, 4) is 0 Å². The highest BCUT2D eigenvalue weighted by Crippen LogP contribution is 2.44. The monoisotopic (exact) mass is 1480 g/mol. The number of halogens is 16. The molecule has 2 aliphatic heterocycles. The molecule has 0 radical (unpaired) electrons. The molecule has 8 rings (SSSR count). The number of benzene rings is 5. The van der Waals surface area contributed by atoms with E-state index >= 15 is 0 Å². The lowest BCUT2D eigenvalue weighted by atomic mass is 10.1. The van der Waals surface area contributed by atoms with E-state index in [0.29, 0.717) is 59.2 Å². The molecular weight excluding hydrogens is 1390 g/mol. The van der Waals surface area contributed by atoms with Gasteiger partial charge in [-0.3, -0.25) is 44.3 Å². The lowest BCUT2D eigenvalue weighted by Gasteiger charge is -2.11. The van der Waals surface area contributed by atoms with Gasteiger partial charge in [-0.2, -0.15) is 26.3 Å². The van der Waals surface area contributed by atoms with E-state index < -0.39 is 59.3 Å². The van der Waals surface area contributed by atoms with E-state index in [1.165, 1.54) is 55.5 Å². The van der Waals surface area contributed by atoms with Gasteiger partial charge >= 0.3 is 12.4 Å². The van der Waals surface area contributed by atoms with Crippen LogP contribution in [0.1, 0.15) is 159 Å². The smallest absolute Gasteiger partial charge is 0.343 e. The molecule has 1 unspecified atom stereocenters. The number of nitro groups is 2. The van der Waals surface area contributed by atoms with Crippen molar-refractivity contribution in [3.63, 3.8) is 0 Å². The number of aromatic nitrogens is 3. The van der Waals surface area contributed by atoms with Gasteiger partial charge in [0, 0.05) is 81.7 Å². The van der Waals surface area contributed by atoms with E-state index in [1.54, 1.807) is 43.3 Å². The quantitative estimate of drug-likeness (QED) is 0.0301. The number of carbonyl (C=O) groups excluding carboxylic acids is 3. The van der Waals surface area contributed by atoms with Gasteiger partial charge in [0.25, 0.3) is 16.9 Å². The Morgan fingerprint density at radius 2 is 1.01 bits per heavy atom. The average molecular weight is 1480 g/mol. The van der Waals surface area contributed by atoms with E-state index in [-0.39, 0.29) is 95.2 Å². The molecule has 3 heterocycles. The number of imide groups is 1. The molecule has 31 heteroatoms. The van der Waals surface area contributed by atoms with Crippen LogP contribution in [0.5, 0.6) is 0 Å². The molecule has 2 fully saturated rings. The molecule has 0 bridgehead atoms. The zero-order valence-corrected chi connectivity index (χ0v) is 56.3. The van der Waals surface area contributed by atoms with Gasteiger partial charge in [-0.05, 0) is 94.5 Å². The first-order chi connectivity index (χ1) is 43.4. The molecule has 0 spiro atoms. The highest BCUT2D eigenvalue weighted by atomic mass is 35.5. The van der Waals surface area contributed by atoms with Crippen LogP contribution in [0, 0.1) is 55.2 Å². The van der Waals surface area contributed by atoms with Gasteiger partial charge in [0.2, 0.25) is 23.5 Å². The minimum absolute atomic E-state index is 0. The van der Waals surface area contributed by atoms with Crippen LogP contribution in [-0.2, 0) is 46.6 Å². The van der Waals surface area contributed by atoms with Crippen LogP contribution in [0.15, 0.2) is 77.6 Å². The Hall–Kier alpha value is -6.74. The van der Waals surface area contributed by atoms with Crippen LogP contribution in [0.2, 0.25) is 25.1 Å². The third-order valence-electron chi connectivity index (χ3n) is 13.1. The van der Waals surface area contributed by atoms with Gasteiger partial charge in [-0.1, -0.05) is 170 Å². The second-order valence-corrected chi connectivity index (χ2v) is 21.3. The van der Waals surface area contributed by atoms with E-state index in [2.05, 4.69) is 10.3 Å². The van der Waals surface area contributed by atoms with E-state index in [1.807, 2.05) is 57.7 Å². The number of nitro benzene ring substituents is 2. The van der Waals surface area contributed by atoms with Crippen LogP contribution in [-0.4, -0.2) is 84.3 Å². The molecule has 96 heavy (non-hydrogen) atoms. The number of nitrogens with zero attached hydrogens (tertiary/aromatic N) is 7. The van der Waals surface area contributed by atoms with Crippen LogP contribution in [0.25, 0.3) is 10.9 Å². The molecule has 1 atom stereocenters. The van der Waals surface area contributed by atoms with Gasteiger partial charge < -0.3 is 4.90 Å². The molecule has 0 aliphatic carbocycles. The number of hydrogen-bond donors (Lipinski definition) is 0. The number of rotatable bonds is 11. The molecular formula is C65H85Cl5F11N7O8. The SMILES string of the molecule is C.C.C.CCC(C)C(F)(F)F.CCCC(F)(F)F.CCN1C(=O)CCC1=O.CCN1CCCC1=O.CCc1c(Cl)c(Cl)c(Cl)c(Cl)c1Cl.CCc1c(F)c(F)c(F)c(F)c1F.CCc1ccc([N+](=O)[O-])cc1.CCc1cccc([N+](=O)[O-])c1.CCn1nnc2ccccc2c1=O. The van der Waals surface area contributed by atoms with Crippen molar-refractivity contribution in [2.24, 2.45) is 5.92 Å². The first-order valence-electron chi connectivity index (χ1n) is 29.0. The van der Waals surface area contributed by atoms with Crippen molar-refractivity contribution in [2.75, 3.05) is 19.6 Å². The topological polar surface area (TPSA) is 192 Å². The highest BCUT2D eigenvalue weighted by molar-refractivity contribution is 6.55. The zero-order valence-electron chi connectivity index (χ0n) is 52.6. The van der Waals surface area contributed by atoms with Crippen molar-refractivity contribution in [3.05, 3.63) is 180 Å². The molecule has 0 N–H and O–H groups in total. The molecule has 2 aliphatic rings. The first-order valence-corrected chi connectivity index (χ1v) is 30.9. The maximum Gasteiger partial charge on any atom is 0.391 e. The standard InChI is InChI=1S/C9H9N3O.C8H5Cl5.C8H5F5.2C8H9NO2.C6H9NO2.C6H11NO.C5H9F3.C4H7F3.3CH4/c1-2-12-9(13)7-5-3-4-6-8(7)10-11-12;2*1-2-3-4(9)6(11)8(13)7(12)5(3)10;1-2-7-3-5-8(6-4-7)9(10)11;1-2-7-4-3-5-8(6-7)9(10)11;1-2-7-5(8)3-4-6(7)9;1-2-7-5-3-4-6(7)8;1-3-4(2)5(6,7)8;1-2-3-4(5,6)7;;;/h3-6H,2H2,1H3;2*2H2,1H3;2*3-6H,2H2,1H3;2-4H2,1H3;2-5H2,1H3;4H,3H2,1-2H3;2-3H2,1H3;3*1H4. The molecule has 540 valence electrons. The molecule has 5 aromatic carbocycles. The number of alkyl halides is 6. The summed E-state index contributed by atoms with van der Waals surface area (Å²) in [5, 5.41) is 30.3. The fraction of sp³-hybridized carbons (Fsp3) is 0.477. The second-order valence-electron chi connectivity index (χ2n) is 19.4. The average Bonchev–Trinajstić information content (AvgIpc) is 1.22. The Bertz CT molecular complexity index is 3300. The third-order valence-corrected chi connectivity index (χ3v) is 15.4. The molecule has 1 aromatic heterocycles. The molecule has 15 nitrogen and oxygen atoms in total.